The number of hydrogen-bond donors (Lipinski definition) is 1. The second-order valence-corrected chi connectivity index (χ2v) is 4.22. The number of rotatable bonds is 1. The topological polar surface area (TPSA) is 32.9 Å². The SMILES string of the molecule is C#CCc1cccc2[nH]c3ccccc3c(=O)c12. The van der Waals surface area contributed by atoms with Gasteiger partial charge in [0.1, 0.15) is 0 Å². The second-order valence-electron chi connectivity index (χ2n) is 4.22. The van der Waals surface area contributed by atoms with E-state index in [-0.39, 0.29) is 5.43 Å². The molecule has 0 spiro atoms. The van der Waals surface area contributed by atoms with Gasteiger partial charge in [0.05, 0.1) is 10.9 Å². The summed E-state index contributed by atoms with van der Waals surface area (Å²) in [4.78, 5) is 15.8. The van der Waals surface area contributed by atoms with E-state index in [0.717, 1.165) is 16.6 Å². The first kappa shape index (κ1) is 10.6. The lowest BCUT2D eigenvalue weighted by Gasteiger charge is -2.05. The molecule has 2 heteroatoms. The van der Waals surface area contributed by atoms with Gasteiger partial charge in [0.15, 0.2) is 5.43 Å². The fourth-order valence-electron chi connectivity index (χ4n) is 2.30. The molecule has 18 heavy (non-hydrogen) atoms. The highest BCUT2D eigenvalue weighted by Crippen LogP contribution is 2.18. The lowest BCUT2D eigenvalue weighted by atomic mass is 10.0. The fraction of sp³-hybridized carbons (Fsp3) is 0.0625. The lowest BCUT2D eigenvalue weighted by Crippen LogP contribution is -2.06. The summed E-state index contributed by atoms with van der Waals surface area (Å²) < 4.78 is 0. The van der Waals surface area contributed by atoms with E-state index in [4.69, 9.17) is 6.42 Å². The summed E-state index contributed by atoms with van der Waals surface area (Å²) in [6.45, 7) is 0. The maximum atomic E-state index is 12.5. The van der Waals surface area contributed by atoms with Gasteiger partial charge in [-0.25, -0.2) is 0 Å². The Hall–Kier alpha value is -2.53. The van der Waals surface area contributed by atoms with Gasteiger partial charge in [0.2, 0.25) is 0 Å². The van der Waals surface area contributed by atoms with Crippen molar-refractivity contribution in [2.75, 3.05) is 0 Å². The van der Waals surface area contributed by atoms with Gasteiger partial charge in [0.25, 0.3) is 0 Å². The van der Waals surface area contributed by atoms with Crippen LogP contribution in [0.3, 0.4) is 0 Å². The highest BCUT2D eigenvalue weighted by atomic mass is 16.1. The molecule has 1 N–H and O–H groups in total. The van der Waals surface area contributed by atoms with Crippen LogP contribution in [-0.2, 0) is 6.42 Å². The number of hydrogen-bond acceptors (Lipinski definition) is 1. The molecule has 0 unspecified atom stereocenters. The Labute approximate surface area is 104 Å². The molecular formula is C16H11NO. The number of benzene rings is 2. The van der Waals surface area contributed by atoms with Crippen LogP contribution in [0.4, 0.5) is 0 Å². The summed E-state index contributed by atoms with van der Waals surface area (Å²) in [7, 11) is 0. The summed E-state index contributed by atoms with van der Waals surface area (Å²) in [5.41, 5.74) is 2.64. The Kier molecular flexibility index (Phi) is 2.39. The fourth-order valence-corrected chi connectivity index (χ4v) is 2.30. The second kappa shape index (κ2) is 4.05. The van der Waals surface area contributed by atoms with Crippen LogP contribution in [0.2, 0.25) is 0 Å². The van der Waals surface area contributed by atoms with Crippen molar-refractivity contribution in [2.45, 2.75) is 6.42 Å². The number of terminal acetylenes is 1. The zero-order valence-corrected chi connectivity index (χ0v) is 9.73. The van der Waals surface area contributed by atoms with Gasteiger partial charge >= 0.3 is 0 Å². The van der Waals surface area contributed by atoms with Gasteiger partial charge in [-0.3, -0.25) is 4.79 Å². The number of pyridine rings is 1. The minimum atomic E-state index is 0.0465. The van der Waals surface area contributed by atoms with E-state index in [1.807, 2.05) is 42.5 Å². The first-order chi connectivity index (χ1) is 8.81. The van der Waals surface area contributed by atoms with Crippen molar-refractivity contribution in [3.63, 3.8) is 0 Å². The van der Waals surface area contributed by atoms with Crippen molar-refractivity contribution in [1.82, 2.24) is 4.98 Å². The average molecular weight is 233 g/mol. The molecule has 0 aliphatic heterocycles. The molecule has 0 saturated carbocycles. The monoisotopic (exact) mass is 233 g/mol. The average Bonchev–Trinajstić information content (AvgIpc) is 2.39. The largest absolute Gasteiger partial charge is 0.354 e. The van der Waals surface area contributed by atoms with Crippen molar-refractivity contribution in [3.8, 4) is 12.3 Å². The molecule has 1 heterocycles. The van der Waals surface area contributed by atoms with E-state index >= 15 is 0 Å². The number of H-pyrrole nitrogens is 1. The summed E-state index contributed by atoms with van der Waals surface area (Å²) in [5, 5.41) is 1.41. The van der Waals surface area contributed by atoms with E-state index in [0.29, 0.717) is 17.2 Å². The third-order valence-corrected chi connectivity index (χ3v) is 3.11. The first-order valence-corrected chi connectivity index (χ1v) is 5.77. The van der Waals surface area contributed by atoms with Crippen LogP contribution in [0, 0.1) is 12.3 Å². The molecule has 3 rings (SSSR count). The van der Waals surface area contributed by atoms with Crippen LogP contribution >= 0.6 is 0 Å². The third-order valence-electron chi connectivity index (χ3n) is 3.11. The Morgan fingerprint density at radius 1 is 1.06 bits per heavy atom. The molecule has 2 nitrogen and oxygen atoms in total. The van der Waals surface area contributed by atoms with Crippen LogP contribution in [0.1, 0.15) is 5.56 Å². The molecule has 86 valence electrons. The van der Waals surface area contributed by atoms with Crippen molar-refractivity contribution in [3.05, 3.63) is 58.3 Å². The summed E-state index contributed by atoms with van der Waals surface area (Å²) in [6, 6.07) is 13.3. The van der Waals surface area contributed by atoms with E-state index in [1.54, 1.807) is 0 Å². The molecule has 0 aliphatic rings. The van der Waals surface area contributed by atoms with Crippen molar-refractivity contribution in [2.24, 2.45) is 0 Å². The van der Waals surface area contributed by atoms with Crippen molar-refractivity contribution >= 4 is 21.8 Å². The van der Waals surface area contributed by atoms with Crippen LogP contribution in [-0.4, -0.2) is 4.98 Å². The zero-order chi connectivity index (χ0) is 12.5. The summed E-state index contributed by atoms with van der Waals surface area (Å²) >= 11 is 0. The molecule has 0 radical (unpaired) electrons. The molecule has 2 aromatic carbocycles. The predicted molar refractivity (Wildman–Crippen MR) is 74.6 cm³/mol. The molecule has 0 saturated heterocycles. The molecule has 3 aromatic rings. The van der Waals surface area contributed by atoms with Crippen molar-refractivity contribution < 1.29 is 0 Å². The smallest absolute Gasteiger partial charge is 0.197 e. The van der Waals surface area contributed by atoms with Gasteiger partial charge in [0, 0.05) is 17.3 Å². The molecule has 0 atom stereocenters. The third kappa shape index (κ3) is 1.49. The zero-order valence-electron chi connectivity index (χ0n) is 9.73. The quantitative estimate of drug-likeness (QED) is 0.509. The Morgan fingerprint density at radius 3 is 2.67 bits per heavy atom. The predicted octanol–water partition coefficient (Wildman–Crippen LogP) is 2.86. The summed E-state index contributed by atoms with van der Waals surface area (Å²) in [5.74, 6) is 2.60. The summed E-state index contributed by atoms with van der Waals surface area (Å²) in [6.07, 6.45) is 5.82. The molecule has 1 aromatic heterocycles. The van der Waals surface area contributed by atoms with E-state index in [2.05, 4.69) is 10.9 Å². The molecule has 0 amide bonds. The molecule has 0 aliphatic carbocycles. The van der Waals surface area contributed by atoms with Gasteiger partial charge in [-0.15, -0.1) is 12.3 Å². The van der Waals surface area contributed by atoms with Crippen LogP contribution in [0.15, 0.2) is 47.3 Å². The number of aromatic amines is 1. The van der Waals surface area contributed by atoms with Gasteiger partial charge < -0.3 is 4.98 Å². The van der Waals surface area contributed by atoms with Crippen LogP contribution in [0.25, 0.3) is 21.8 Å². The number of aromatic nitrogens is 1. The molecular weight excluding hydrogens is 222 g/mol. The van der Waals surface area contributed by atoms with Crippen LogP contribution in [0.5, 0.6) is 0 Å². The molecule has 0 bridgehead atoms. The number of para-hydroxylation sites is 1. The number of nitrogens with one attached hydrogen (secondary N) is 1. The van der Waals surface area contributed by atoms with Crippen molar-refractivity contribution in [1.29, 1.82) is 0 Å². The minimum absolute atomic E-state index is 0.0465. The first-order valence-electron chi connectivity index (χ1n) is 5.77. The number of fused-ring (bicyclic) bond motifs is 2. The Bertz CT molecular complexity index is 837. The highest BCUT2D eigenvalue weighted by molar-refractivity contribution is 5.94. The Morgan fingerprint density at radius 2 is 1.83 bits per heavy atom. The Balaban J connectivity index is 2.54. The molecule has 0 fully saturated rings. The van der Waals surface area contributed by atoms with Gasteiger partial charge in [-0.2, -0.15) is 0 Å². The normalized spacial score (nSPS) is 10.6. The maximum absolute atomic E-state index is 12.5. The van der Waals surface area contributed by atoms with E-state index < -0.39 is 0 Å². The lowest BCUT2D eigenvalue weighted by molar-refractivity contribution is 1.34. The van der Waals surface area contributed by atoms with Gasteiger partial charge in [-0.05, 0) is 23.8 Å². The van der Waals surface area contributed by atoms with E-state index in [9.17, 15) is 4.79 Å². The standard InChI is InChI=1S/C16H11NO/c1-2-6-11-7-5-10-14-15(11)16(18)12-8-3-4-9-13(12)17-14/h1,3-5,7-10H,6H2,(H,17,18). The minimum Gasteiger partial charge on any atom is -0.354 e. The maximum Gasteiger partial charge on any atom is 0.197 e. The van der Waals surface area contributed by atoms with Gasteiger partial charge in [-0.1, -0.05) is 24.3 Å². The van der Waals surface area contributed by atoms with Crippen LogP contribution < -0.4 is 5.43 Å². The van der Waals surface area contributed by atoms with E-state index in [1.165, 1.54) is 0 Å². The highest BCUT2D eigenvalue weighted by Gasteiger charge is 2.08.